The Labute approximate surface area is 132 Å². The molecule has 0 bridgehead atoms. The Balaban J connectivity index is 1.71. The molecule has 0 aliphatic carbocycles. The van der Waals surface area contributed by atoms with Crippen LogP contribution in [0.2, 0.25) is 0 Å². The summed E-state index contributed by atoms with van der Waals surface area (Å²) in [6.45, 7) is 4.87. The molecule has 3 aromatic rings. The third kappa shape index (κ3) is 3.54. The summed E-state index contributed by atoms with van der Waals surface area (Å²) in [5.74, 6) is 0.909. The number of fused-ring (bicyclic) bond motifs is 1. The number of aromatic nitrogens is 1. The summed E-state index contributed by atoms with van der Waals surface area (Å²) < 4.78 is 6.69. The quantitative estimate of drug-likeness (QED) is 0.709. The van der Waals surface area contributed by atoms with Crippen LogP contribution in [0.25, 0.3) is 10.2 Å². The van der Waals surface area contributed by atoms with Gasteiger partial charge in [0.25, 0.3) is 0 Å². The predicted molar refractivity (Wildman–Crippen MR) is 91.9 cm³/mol. The van der Waals surface area contributed by atoms with Crippen LogP contribution < -0.4 is 10.1 Å². The molecule has 0 fully saturated rings. The zero-order valence-corrected chi connectivity index (χ0v) is 13.8. The standard InChI is InChI=1S/C16H18N2OS2/c1-3-19-13-4-5-14-15(9-13)21-16(18-14)17-11(2)8-12-6-7-20-10-12/h4-7,9-11H,3,8H2,1-2H3,(H,17,18). The van der Waals surface area contributed by atoms with E-state index >= 15 is 0 Å². The van der Waals surface area contributed by atoms with Crippen LogP contribution in [0.5, 0.6) is 5.75 Å². The van der Waals surface area contributed by atoms with Gasteiger partial charge in [0.1, 0.15) is 5.75 Å². The summed E-state index contributed by atoms with van der Waals surface area (Å²) in [6.07, 6.45) is 1.02. The second-order valence-electron chi connectivity index (χ2n) is 4.96. The van der Waals surface area contributed by atoms with Gasteiger partial charge in [0, 0.05) is 6.04 Å². The van der Waals surface area contributed by atoms with Crippen LogP contribution in [0.15, 0.2) is 35.0 Å². The van der Waals surface area contributed by atoms with E-state index in [1.54, 1.807) is 22.7 Å². The minimum atomic E-state index is 0.367. The van der Waals surface area contributed by atoms with Crippen molar-refractivity contribution >= 4 is 38.0 Å². The first-order valence-electron chi connectivity index (χ1n) is 7.05. The smallest absolute Gasteiger partial charge is 0.184 e. The fourth-order valence-corrected chi connectivity index (χ4v) is 3.93. The Hall–Kier alpha value is -1.59. The van der Waals surface area contributed by atoms with Crippen LogP contribution in [-0.4, -0.2) is 17.6 Å². The number of nitrogens with zero attached hydrogens (tertiary/aromatic N) is 1. The number of thiophene rings is 1. The van der Waals surface area contributed by atoms with E-state index in [0.29, 0.717) is 12.6 Å². The summed E-state index contributed by atoms with van der Waals surface area (Å²) in [7, 11) is 0. The predicted octanol–water partition coefficient (Wildman–Crippen LogP) is 4.80. The van der Waals surface area contributed by atoms with E-state index < -0.39 is 0 Å². The van der Waals surface area contributed by atoms with Gasteiger partial charge in [-0.3, -0.25) is 0 Å². The van der Waals surface area contributed by atoms with Gasteiger partial charge >= 0.3 is 0 Å². The molecule has 0 aliphatic heterocycles. The molecule has 5 heteroatoms. The maximum Gasteiger partial charge on any atom is 0.184 e. The van der Waals surface area contributed by atoms with Crippen molar-refractivity contribution in [1.29, 1.82) is 0 Å². The van der Waals surface area contributed by atoms with E-state index in [1.165, 1.54) is 5.56 Å². The highest BCUT2D eigenvalue weighted by Gasteiger charge is 2.09. The first kappa shape index (κ1) is 14.4. The lowest BCUT2D eigenvalue weighted by molar-refractivity contribution is 0.341. The summed E-state index contributed by atoms with van der Waals surface area (Å²) in [5.41, 5.74) is 2.40. The normalized spacial score (nSPS) is 12.5. The van der Waals surface area contributed by atoms with Crippen LogP contribution in [0.1, 0.15) is 19.4 Å². The largest absolute Gasteiger partial charge is 0.494 e. The summed E-state index contributed by atoms with van der Waals surface area (Å²) in [6, 6.07) is 8.60. The fourth-order valence-electron chi connectivity index (χ4n) is 2.25. The SMILES string of the molecule is CCOc1ccc2nc(NC(C)Cc3ccsc3)sc2c1. The van der Waals surface area contributed by atoms with Crippen molar-refractivity contribution in [1.82, 2.24) is 4.98 Å². The fraction of sp³-hybridized carbons (Fsp3) is 0.312. The number of hydrogen-bond donors (Lipinski definition) is 1. The highest BCUT2D eigenvalue weighted by atomic mass is 32.1. The van der Waals surface area contributed by atoms with Gasteiger partial charge in [0.15, 0.2) is 5.13 Å². The second kappa shape index (κ2) is 6.45. The molecule has 0 spiro atoms. The topological polar surface area (TPSA) is 34.1 Å². The Morgan fingerprint density at radius 3 is 3.00 bits per heavy atom. The molecular formula is C16H18N2OS2. The molecule has 1 atom stereocenters. The number of anilines is 1. The van der Waals surface area contributed by atoms with Gasteiger partial charge < -0.3 is 10.1 Å². The second-order valence-corrected chi connectivity index (χ2v) is 6.77. The zero-order chi connectivity index (χ0) is 14.7. The molecule has 2 aromatic heterocycles. The lowest BCUT2D eigenvalue weighted by Gasteiger charge is -2.11. The van der Waals surface area contributed by atoms with Crippen LogP contribution in [0.3, 0.4) is 0 Å². The lowest BCUT2D eigenvalue weighted by atomic mass is 10.1. The first-order valence-corrected chi connectivity index (χ1v) is 8.81. The van der Waals surface area contributed by atoms with Crippen LogP contribution in [0.4, 0.5) is 5.13 Å². The van der Waals surface area contributed by atoms with Crippen LogP contribution in [-0.2, 0) is 6.42 Å². The maximum absolute atomic E-state index is 5.53. The maximum atomic E-state index is 5.53. The third-order valence-electron chi connectivity index (χ3n) is 3.16. The minimum absolute atomic E-state index is 0.367. The molecule has 1 N–H and O–H groups in total. The Morgan fingerprint density at radius 1 is 1.33 bits per heavy atom. The van der Waals surface area contributed by atoms with E-state index in [0.717, 1.165) is 27.5 Å². The van der Waals surface area contributed by atoms with E-state index in [4.69, 9.17) is 4.74 Å². The Bertz CT molecular complexity index is 706. The van der Waals surface area contributed by atoms with Crippen molar-refractivity contribution in [3.05, 3.63) is 40.6 Å². The molecule has 0 saturated carbocycles. The number of ether oxygens (including phenoxy) is 1. The van der Waals surface area contributed by atoms with Gasteiger partial charge in [-0.2, -0.15) is 11.3 Å². The molecule has 0 radical (unpaired) electrons. The average molecular weight is 318 g/mol. The summed E-state index contributed by atoms with van der Waals surface area (Å²) in [5, 5.41) is 8.79. The number of thiazole rings is 1. The molecule has 3 rings (SSSR count). The molecule has 2 heterocycles. The zero-order valence-electron chi connectivity index (χ0n) is 12.1. The molecule has 0 aliphatic rings. The van der Waals surface area contributed by atoms with Crippen molar-refractivity contribution in [2.45, 2.75) is 26.3 Å². The van der Waals surface area contributed by atoms with Crippen molar-refractivity contribution in [3.8, 4) is 5.75 Å². The van der Waals surface area contributed by atoms with Gasteiger partial charge in [0.05, 0.1) is 16.8 Å². The molecule has 3 nitrogen and oxygen atoms in total. The number of rotatable bonds is 6. The molecule has 0 saturated heterocycles. The highest BCUT2D eigenvalue weighted by molar-refractivity contribution is 7.22. The van der Waals surface area contributed by atoms with Gasteiger partial charge in [0.2, 0.25) is 0 Å². The van der Waals surface area contributed by atoms with Crippen molar-refractivity contribution in [2.75, 3.05) is 11.9 Å². The lowest BCUT2D eigenvalue weighted by Crippen LogP contribution is -2.17. The van der Waals surface area contributed by atoms with Crippen LogP contribution >= 0.6 is 22.7 Å². The van der Waals surface area contributed by atoms with E-state index in [-0.39, 0.29) is 0 Å². The number of nitrogens with one attached hydrogen (secondary N) is 1. The highest BCUT2D eigenvalue weighted by Crippen LogP contribution is 2.29. The van der Waals surface area contributed by atoms with Gasteiger partial charge in [-0.1, -0.05) is 11.3 Å². The minimum Gasteiger partial charge on any atom is -0.494 e. The van der Waals surface area contributed by atoms with E-state index in [2.05, 4.69) is 40.1 Å². The van der Waals surface area contributed by atoms with Crippen molar-refractivity contribution in [2.24, 2.45) is 0 Å². The average Bonchev–Trinajstić information content (AvgIpc) is 3.07. The molecule has 110 valence electrons. The number of benzene rings is 1. The molecular weight excluding hydrogens is 300 g/mol. The van der Waals surface area contributed by atoms with Gasteiger partial charge in [-0.15, -0.1) is 0 Å². The van der Waals surface area contributed by atoms with Crippen molar-refractivity contribution < 1.29 is 4.74 Å². The monoisotopic (exact) mass is 318 g/mol. The van der Waals surface area contributed by atoms with Crippen molar-refractivity contribution in [3.63, 3.8) is 0 Å². The Kier molecular flexibility index (Phi) is 4.41. The van der Waals surface area contributed by atoms with Crippen LogP contribution in [0, 0.1) is 0 Å². The summed E-state index contributed by atoms with van der Waals surface area (Å²) >= 11 is 3.42. The molecule has 1 aromatic carbocycles. The first-order chi connectivity index (χ1) is 10.2. The van der Waals surface area contributed by atoms with Gasteiger partial charge in [-0.05, 0) is 60.9 Å². The summed E-state index contributed by atoms with van der Waals surface area (Å²) in [4.78, 5) is 4.64. The molecule has 1 unspecified atom stereocenters. The molecule has 21 heavy (non-hydrogen) atoms. The number of hydrogen-bond acceptors (Lipinski definition) is 5. The van der Waals surface area contributed by atoms with E-state index in [1.807, 2.05) is 19.1 Å². The van der Waals surface area contributed by atoms with Gasteiger partial charge in [-0.25, -0.2) is 4.98 Å². The van der Waals surface area contributed by atoms with E-state index in [9.17, 15) is 0 Å². The molecule has 0 amide bonds. The Morgan fingerprint density at radius 2 is 2.24 bits per heavy atom. The third-order valence-corrected chi connectivity index (χ3v) is 4.84.